The number of nitrogens with zero attached hydrogens (tertiary/aromatic N) is 2. The number of hydrogen-bond donors (Lipinski definition) is 1. The Hall–Kier alpha value is -1.91. The van der Waals surface area contributed by atoms with Gasteiger partial charge in [0.2, 0.25) is 0 Å². The maximum Gasteiger partial charge on any atom is 0.141 e. The summed E-state index contributed by atoms with van der Waals surface area (Å²) in [6.45, 7) is 6.85. The van der Waals surface area contributed by atoms with Crippen molar-refractivity contribution < 1.29 is 4.39 Å². The first-order valence-corrected chi connectivity index (χ1v) is 10.7. The standard InChI is InChI=1S/C25H30FN3.2ClH/c1-4-25(2,3)14-20-16-28-24(29-20)22-7-5-6-21(22)17-8-10-18(11-9-17)23-13-12-19(26)15-27-23;;/h8-13,15-16,21-22H,4-7,14H2,1-3H3,(H,28,29);2*1H/t21-,22-;;/m1../s1. The van der Waals surface area contributed by atoms with Crippen molar-refractivity contribution in [3.05, 3.63) is 71.7 Å². The Labute approximate surface area is 197 Å². The van der Waals surface area contributed by atoms with Gasteiger partial charge in [-0.25, -0.2) is 9.37 Å². The molecule has 168 valence electrons. The normalized spacial score (nSPS) is 18.3. The molecule has 0 radical (unpaired) electrons. The smallest absolute Gasteiger partial charge is 0.141 e. The first kappa shape index (κ1) is 25.4. The Morgan fingerprint density at radius 3 is 2.39 bits per heavy atom. The van der Waals surface area contributed by atoms with E-state index in [2.05, 4.69) is 61.2 Å². The van der Waals surface area contributed by atoms with Crippen LogP contribution in [-0.4, -0.2) is 15.0 Å². The highest BCUT2D eigenvalue weighted by Gasteiger charge is 2.32. The Morgan fingerprint density at radius 1 is 1.03 bits per heavy atom. The maximum absolute atomic E-state index is 13.1. The van der Waals surface area contributed by atoms with E-state index < -0.39 is 0 Å². The highest BCUT2D eigenvalue weighted by Crippen LogP contribution is 2.45. The quantitative estimate of drug-likeness (QED) is 0.411. The summed E-state index contributed by atoms with van der Waals surface area (Å²) in [4.78, 5) is 12.6. The SMILES string of the molecule is CCC(C)(C)Cc1c[nH]c([C@@H]2CCC[C@@H]2c2ccc(-c3ccc(F)cn3)cc2)n1.Cl.Cl. The number of hydrogen-bond acceptors (Lipinski definition) is 2. The second-order valence-corrected chi connectivity index (χ2v) is 9.10. The fourth-order valence-electron chi connectivity index (χ4n) is 4.41. The zero-order chi connectivity index (χ0) is 20.4. The van der Waals surface area contributed by atoms with Crippen molar-refractivity contribution in [3.63, 3.8) is 0 Å². The molecular formula is C25H32Cl2FN3. The number of nitrogens with one attached hydrogen (secondary N) is 1. The second kappa shape index (κ2) is 10.6. The number of aromatic amines is 1. The van der Waals surface area contributed by atoms with Gasteiger partial charge in [0.05, 0.1) is 17.6 Å². The Morgan fingerprint density at radius 2 is 1.74 bits per heavy atom. The van der Waals surface area contributed by atoms with Crippen LogP contribution in [0.15, 0.2) is 48.8 Å². The summed E-state index contributed by atoms with van der Waals surface area (Å²) in [6, 6.07) is 11.8. The fourth-order valence-corrected chi connectivity index (χ4v) is 4.41. The molecule has 1 aliphatic rings. The molecule has 0 saturated heterocycles. The van der Waals surface area contributed by atoms with E-state index in [1.807, 2.05) is 0 Å². The first-order valence-electron chi connectivity index (χ1n) is 10.7. The number of aromatic nitrogens is 3. The molecule has 2 aromatic heterocycles. The van der Waals surface area contributed by atoms with E-state index in [-0.39, 0.29) is 36.0 Å². The fraction of sp³-hybridized carbons (Fsp3) is 0.440. The van der Waals surface area contributed by atoms with Crippen molar-refractivity contribution in [3.8, 4) is 11.3 Å². The summed E-state index contributed by atoms with van der Waals surface area (Å²) in [6.07, 6.45) is 9.13. The van der Waals surface area contributed by atoms with E-state index in [9.17, 15) is 4.39 Å². The topological polar surface area (TPSA) is 41.6 Å². The minimum Gasteiger partial charge on any atom is -0.348 e. The number of halogens is 3. The molecule has 2 heterocycles. The molecule has 0 unspecified atom stereocenters. The molecule has 2 atom stereocenters. The highest BCUT2D eigenvalue weighted by molar-refractivity contribution is 5.85. The lowest BCUT2D eigenvalue weighted by Crippen LogP contribution is -2.13. The molecule has 1 saturated carbocycles. The van der Waals surface area contributed by atoms with Gasteiger partial charge in [0.1, 0.15) is 11.6 Å². The molecule has 0 spiro atoms. The van der Waals surface area contributed by atoms with E-state index in [0.717, 1.165) is 29.9 Å². The molecule has 1 aromatic carbocycles. The van der Waals surface area contributed by atoms with Crippen LogP contribution in [0, 0.1) is 11.2 Å². The average Bonchev–Trinajstić information content (AvgIpc) is 3.38. The molecule has 0 amide bonds. The number of pyridine rings is 1. The Balaban J connectivity index is 0.00000171. The summed E-state index contributed by atoms with van der Waals surface area (Å²) in [5.74, 6) is 1.77. The molecular weight excluding hydrogens is 432 g/mol. The monoisotopic (exact) mass is 463 g/mol. The molecule has 31 heavy (non-hydrogen) atoms. The lowest BCUT2D eigenvalue weighted by molar-refractivity contribution is 0.345. The largest absolute Gasteiger partial charge is 0.348 e. The van der Waals surface area contributed by atoms with Crippen LogP contribution in [0.3, 0.4) is 0 Å². The van der Waals surface area contributed by atoms with E-state index in [1.54, 1.807) is 6.07 Å². The van der Waals surface area contributed by atoms with Gasteiger partial charge >= 0.3 is 0 Å². The zero-order valence-corrected chi connectivity index (χ0v) is 20.0. The maximum atomic E-state index is 13.1. The third kappa shape index (κ3) is 5.87. The van der Waals surface area contributed by atoms with Crippen LogP contribution in [0.4, 0.5) is 4.39 Å². The lowest BCUT2D eigenvalue weighted by atomic mass is 9.85. The number of rotatable bonds is 6. The van der Waals surface area contributed by atoms with Crippen molar-refractivity contribution in [2.45, 2.75) is 64.7 Å². The molecule has 3 aromatic rings. The molecule has 0 aliphatic heterocycles. The Bertz CT molecular complexity index is 952. The van der Waals surface area contributed by atoms with Crippen molar-refractivity contribution in [1.82, 2.24) is 15.0 Å². The van der Waals surface area contributed by atoms with Crippen LogP contribution in [0.1, 0.15) is 75.4 Å². The van der Waals surface area contributed by atoms with E-state index in [4.69, 9.17) is 4.98 Å². The molecule has 1 N–H and O–H groups in total. The highest BCUT2D eigenvalue weighted by atomic mass is 35.5. The Kier molecular flexibility index (Phi) is 8.67. The van der Waals surface area contributed by atoms with Crippen LogP contribution in [0.2, 0.25) is 0 Å². The van der Waals surface area contributed by atoms with Gasteiger partial charge in [-0.2, -0.15) is 0 Å². The van der Waals surface area contributed by atoms with Crippen molar-refractivity contribution in [2.75, 3.05) is 0 Å². The number of H-pyrrole nitrogens is 1. The minimum absolute atomic E-state index is 0. The first-order chi connectivity index (χ1) is 13.9. The predicted octanol–water partition coefficient (Wildman–Crippen LogP) is 7.48. The molecule has 4 rings (SSSR count). The van der Waals surface area contributed by atoms with Crippen LogP contribution in [0.25, 0.3) is 11.3 Å². The van der Waals surface area contributed by atoms with Gasteiger partial charge in [-0.15, -0.1) is 24.8 Å². The summed E-state index contributed by atoms with van der Waals surface area (Å²) in [5, 5.41) is 0. The molecule has 6 heteroatoms. The number of benzene rings is 1. The average molecular weight is 464 g/mol. The minimum atomic E-state index is -0.306. The summed E-state index contributed by atoms with van der Waals surface area (Å²) in [5.41, 5.74) is 4.63. The van der Waals surface area contributed by atoms with E-state index >= 15 is 0 Å². The predicted molar refractivity (Wildman–Crippen MR) is 130 cm³/mol. The van der Waals surface area contributed by atoms with Gasteiger partial charge < -0.3 is 4.98 Å². The lowest BCUT2D eigenvalue weighted by Gasteiger charge is -2.21. The third-order valence-electron chi connectivity index (χ3n) is 6.50. The van der Waals surface area contributed by atoms with Crippen molar-refractivity contribution >= 4 is 24.8 Å². The van der Waals surface area contributed by atoms with Gasteiger partial charge in [-0.05, 0) is 48.3 Å². The van der Waals surface area contributed by atoms with Gasteiger partial charge in [0.25, 0.3) is 0 Å². The summed E-state index contributed by atoms with van der Waals surface area (Å²) < 4.78 is 13.1. The number of imidazole rings is 1. The van der Waals surface area contributed by atoms with Crippen LogP contribution < -0.4 is 0 Å². The third-order valence-corrected chi connectivity index (χ3v) is 6.50. The van der Waals surface area contributed by atoms with E-state index in [0.29, 0.717) is 11.8 Å². The molecule has 1 fully saturated rings. The van der Waals surface area contributed by atoms with Crippen LogP contribution >= 0.6 is 24.8 Å². The van der Waals surface area contributed by atoms with E-state index in [1.165, 1.54) is 42.8 Å². The van der Waals surface area contributed by atoms with Gasteiger partial charge in [-0.3, -0.25) is 4.98 Å². The van der Waals surface area contributed by atoms with Gasteiger partial charge in [-0.1, -0.05) is 57.9 Å². The van der Waals surface area contributed by atoms with Crippen molar-refractivity contribution in [1.29, 1.82) is 0 Å². The van der Waals surface area contributed by atoms with Crippen molar-refractivity contribution in [2.24, 2.45) is 5.41 Å². The van der Waals surface area contributed by atoms with Crippen LogP contribution in [-0.2, 0) is 6.42 Å². The second-order valence-electron chi connectivity index (χ2n) is 9.10. The van der Waals surface area contributed by atoms with Crippen LogP contribution in [0.5, 0.6) is 0 Å². The van der Waals surface area contributed by atoms with Gasteiger partial charge in [0, 0.05) is 17.7 Å². The van der Waals surface area contributed by atoms with Gasteiger partial charge in [0.15, 0.2) is 0 Å². The zero-order valence-electron chi connectivity index (χ0n) is 18.4. The summed E-state index contributed by atoms with van der Waals surface area (Å²) >= 11 is 0. The molecule has 0 bridgehead atoms. The molecule has 1 aliphatic carbocycles. The summed E-state index contributed by atoms with van der Waals surface area (Å²) in [7, 11) is 0. The molecule has 3 nitrogen and oxygen atoms in total.